The van der Waals surface area contributed by atoms with Gasteiger partial charge in [-0.05, 0) is 42.8 Å². The lowest BCUT2D eigenvalue weighted by Gasteiger charge is -2.18. The fraction of sp³-hybridized carbons (Fsp3) is 0.211. The summed E-state index contributed by atoms with van der Waals surface area (Å²) in [7, 11) is 1.68. The average Bonchev–Trinajstić information content (AvgIpc) is 2.98. The summed E-state index contributed by atoms with van der Waals surface area (Å²) in [6.07, 6.45) is 0. The van der Waals surface area contributed by atoms with Crippen LogP contribution in [-0.2, 0) is 0 Å². The molecular weight excluding hydrogens is 286 g/mol. The lowest BCUT2D eigenvalue weighted by molar-refractivity contribution is 0.414. The molecule has 1 atom stereocenters. The minimum absolute atomic E-state index is 0.0616. The van der Waals surface area contributed by atoms with Gasteiger partial charge in [0.25, 0.3) is 0 Å². The van der Waals surface area contributed by atoms with E-state index in [4.69, 9.17) is 10.5 Å². The fourth-order valence-corrected chi connectivity index (χ4v) is 2.83. The fourth-order valence-electron chi connectivity index (χ4n) is 2.83. The number of nitrogens with two attached hydrogens (primary N) is 1. The maximum Gasteiger partial charge on any atom is 0.119 e. The smallest absolute Gasteiger partial charge is 0.119 e. The molecule has 1 aromatic heterocycles. The van der Waals surface area contributed by atoms with Crippen molar-refractivity contribution in [3.63, 3.8) is 0 Å². The number of para-hydroxylation sites is 1. The van der Waals surface area contributed by atoms with Crippen LogP contribution in [0.3, 0.4) is 0 Å². The third-order valence-electron chi connectivity index (χ3n) is 3.95. The van der Waals surface area contributed by atoms with Crippen molar-refractivity contribution in [3.8, 4) is 11.4 Å². The van der Waals surface area contributed by atoms with E-state index in [1.165, 1.54) is 0 Å². The Hall–Kier alpha value is -2.59. The van der Waals surface area contributed by atoms with Crippen LogP contribution in [0.4, 0.5) is 0 Å². The van der Waals surface area contributed by atoms with Gasteiger partial charge < -0.3 is 10.5 Å². The topological polar surface area (TPSA) is 53.1 Å². The molecule has 2 aromatic carbocycles. The number of nitrogens with zero attached hydrogens (tertiary/aromatic N) is 2. The Bertz CT molecular complexity index is 780. The third-order valence-corrected chi connectivity index (χ3v) is 3.95. The molecule has 0 saturated heterocycles. The first kappa shape index (κ1) is 15.3. The molecule has 0 aliphatic heterocycles. The van der Waals surface area contributed by atoms with Crippen molar-refractivity contribution in [1.82, 2.24) is 9.78 Å². The standard InChI is InChI=1S/C19H21N3O/c1-14-11-19(22(21-14)16-8-4-3-5-9-16)18(13-20)15-7-6-10-17(12-15)23-2/h3-12,18H,13,20H2,1-2H3. The van der Waals surface area contributed by atoms with Gasteiger partial charge in [-0.3, -0.25) is 0 Å². The maximum atomic E-state index is 6.10. The van der Waals surface area contributed by atoms with E-state index in [9.17, 15) is 0 Å². The molecule has 4 heteroatoms. The van der Waals surface area contributed by atoms with Gasteiger partial charge in [0.1, 0.15) is 5.75 Å². The largest absolute Gasteiger partial charge is 0.497 e. The molecule has 0 aliphatic carbocycles. The van der Waals surface area contributed by atoms with Crippen molar-refractivity contribution in [2.75, 3.05) is 13.7 Å². The second-order valence-corrected chi connectivity index (χ2v) is 5.52. The van der Waals surface area contributed by atoms with Crippen LogP contribution in [0.1, 0.15) is 22.9 Å². The summed E-state index contributed by atoms with van der Waals surface area (Å²) in [6.45, 7) is 2.51. The van der Waals surface area contributed by atoms with E-state index >= 15 is 0 Å². The molecule has 0 bridgehead atoms. The highest BCUT2D eigenvalue weighted by Crippen LogP contribution is 2.28. The summed E-state index contributed by atoms with van der Waals surface area (Å²) >= 11 is 0. The number of ether oxygens (including phenoxy) is 1. The van der Waals surface area contributed by atoms with Crippen molar-refractivity contribution in [1.29, 1.82) is 0 Å². The molecule has 3 aromatic rings. The van der Waals surface area contributed by atoms with Crippen LogP contribution >= 0.6 is 0 Å². The Kier molecular flexibility index (Phi) is 4.44. The molecule has 0 fully saturated rings. The minimum atomic E-state index is 0.0616. The zero-order valence-corrected chi connectivity index (χ0v) is 13.4. The van der Waals surface area contributed by atoms with Gasteiger partial charge in [0.05, 0.1) is 24.2 Å². The molecule has 1 heterocycles. The second-order valence-electron chi connectivity index (χ2n) is 5.52. The maximum absolute atomic E-state index is 6.10. The predicted molar refractivity (Wildman–Crippen MR) is 92.2 cm³/mol. The molecular formula is C19H21N3O. The Balaban J connectivity index is 2.08. The number of aromatic nitrogens is 2. The molecule has 1 unspecified atom stereocenters. The molecule has 0 aliphatic rings. The van der Waals surface area contributed by atoms with E-state index in [1.54, 1.807) is 7.11 Å². The van der Waals surface area contributed by atoms with Gasteiger partial charge in [-0.25, -0.2) is 4.68 Å². The number of hydrogen-bond acceptors (Lipinski definition) is 3. The Morgan fingerprint density at radius 2 is 1.87 bits per heavy atom. The molecule has 0 amide bonds. The Labute approximate surface area is 136 Å². The predicted octanol–water partition coefficient (Wildman–Crippen LogP) is 3.28. The highest BCUT2D eigenvalue weighted by Gasteiger charge is 2.19. The van der Waals surface area contributed by atoms with E-state index in [0.717, 1.165) is 28.4 Å². The van der Waals surface area contributed by atoms with Gasteiger partial charge in [-0.1, -0.05) is 30.3 Å². The molecule has 0 radical (unpaired) electrons. The van der Waals surface area contributed by atoms with Crippen molar-refractivity contribution in [2.45, 2.75) is 12.8 Å². The Morgan fingerprint density at radius 1 is 1.09 bits per heavy atom. The number of methoxy groups -OCH3 is 1. The molecule has 0 saturated carbocycles. The number of aryl methyl sites for hydroxylation is 1. The monoisotopic (exact) mass is 307 g/mol. The van der Waals surface area contributed by atoms with Gasteiger partial charge in [-0.15, -0.1) is 0 Å². The first-order valence-corrected chi connectivity index (χ1v) is 7.69. The molecule has 0 spiro atoms. The molecule has 3 rings (SSSR count). The molecule has 23 heavy (non-hydrogen) atoms. The van der Waals surface area contributed by atoms with Gasteiger partial charge in [-0.2, -0.15) is 5.10 Å². The van der Waals surface area contributed by atoms with E-state index < -0.39 is 0 Å². The summed E-state index contributed by atoms with van der Waals surface area (Å²) in [4.78, 5) is 0. The first-order chi connectivity index (χ1) is 11.2. The number of benzene rings is 2. The van der Waals surface area contributed by atoms with Crippen LogP contribution in [0, 0.1) is 6.92 Å². The van der Waals surface area contributed by atoms with Crippen LogP contribution < -0.4 is 10.5 Å². The van der Waals surface area contributed by atoms with Crippen LogP contribution in [0.15, 0.2) is 60.7 Å². The normalized spacial score (nSPS) is 12.1. The van der Waals surface area contributed by atoms with Gasteiger partial charge in [0, 0.05) is 12.5 Å². The van der Waals surface area contributed by atoms with E-state index in [1.807, 2.05) is 48.0 Å². The highest BCUT2D eigenvalue weighted by atomic mass is 16.5. The molecule has 4 nitrogen and oxygen atoms in total. The van der Waals surface area contributed by atoms with Crippen molar-refractivity contribution >= 4 is 0 Å². The SMILES string of the molecule is COc1cccc(C(CN)c2cc(C)nn2-c2ccccc2)c1. The van der Waals surface area contributed by atoms with Crippen molar-refractivity contribution < 1.29 is 4.74 Å². The average molecular weight is 307 g/mol. The van der Waals surface area contributed by atoms with Gasteiger partial charge in [0.2, 0.25) is 0 Å². The molecule has 118 valence electrons. The van der Waals surface area contributed by atoms with Crippen LogP contribution in [-0.4, -0.2) is 23.4 Å². The van der Waals surface area contributed by atoms with Crippen molar-refractivity contribution in [3.05, 3.63) is 77.6 Å². The lowest BCUT2D eigenvalue weighted by Crippen LogP contribution is -2.17. The number of rotatable bonds is 5. The van der Waals surface area contributed by atoms with Gasteiger partial charge in [0.15, 0.2) is 0 Å². The highest BCUT2D eigenvalue weighted by molar-refractivity contribution is 5.40. The zero-order chi connectivity index (χ0) is 16.2. The van der Waals surface area contributed by atoms with Crippen LogP contribution in [0.5, 0.6) is 5.75 Å². The summed E-state index contributed by atoms with van der Waals surface area (Å²) < 4.78 is 7.32. The quantitative estimate of drug-likeness (QED) is 0.787. The third kappa shape index (κ3) is 3.12. The van der Waals surface area contributed by atoms with Crippen LogP contribution in [0.25, 0.3) is 5.69 Å². The minimum Gasteiger partial charge on any atom is -0.497 e. The van der Waals surface area contributed by atoms with Gasteiger partial charge >= 0.3 is 0 Å². The molecule has 2 N–H and O–H groups in total. The zero-order valence-electron chi connectivity index (χ0n) is 13.4. The summed E-state index contributed by atoms with van der Waals surface area (Å²) in [5.41, 5.74) is 10.3. The lowest BCUT2D eigenvalue weighted by atomic mass is 9.95. The number of hydrogen-bond donors (Lipinski definition) is 1. The van der Waals surface area contributed by atoms with E-state index in [2.05, 4.69) is 29.4 Å². The summed E-state index contributed by atoms with van der Waals surface area (Å²) in [5, 5.41) is 4.65. The second kappa shape index (κ2) is 6.67. The van der Waals surface area contributed by atoms with Crippen molar-refractivity contribution in [2.24, 2.45) is 5.73 Å². The summed E-state index contributed by atoms with van der Waals surface area (Å²) in [5.74, 6) is 0.898. The summed E-state index contributed by atoms with van der Waals surface area (Å²) in [6, 6.07) is 20.3. The first-order valence-electron chi connectivity index (χ1n) is 7.69. The van der Waals surface area contributed by atoms with E-state index in [0.29, 0.717) is 6.54 Å². The van der Waals surface area contributed by atoms with Crippen LogP contribution in [0.2, 0.25) is 0 Å². The van der Waals surface area contributed by atoms with E-state index in [-0.39, 0.29) is 5.92 Å². The Morgan fingerprint density at radius 3 is 2.57 bits per heavy atom.